The second kappa shape index (κ2) is 5.72. The quantitative estimate of drug-likeness (QED) is 0.904. The third kappa shape index (κ3) is 3.14. The van der Waals surface area contributed by atoms with E-state index in [-0.39, 0.29) is 5.82 Å². The summed E-state index contributed by atoms with van der Waals surface area (Å²) in [5.41, 5.74) is 2.33. The van der Waals surface area contributed by atoms with Crippen molar-refractivity contribution in [3.8, 4) is 0 Å². The first-order valence-corrected chi connectivity index (χ1v) is 7.90. The molecule has 1 N–H and O–H groups in total. The summed E-state index contributed by atoms with van der Waals surface area (Å²) in [5, 5.41) is 3.51. The highest BCUT2D eigenvalue weighted by molar-refractivity contribution is 5.54. The van der Waals surface area contributed by atoms with Gasteiger partial charge in [-0.2, -0.15) is 0 Å². The Kier molecular flexibility index (Phi) is 3.97. The molecule has 0 aromatic heterocycles. The largest absolute Gasteiger partial charge is 0.371 e. The summed E-state index contributed by atoms with van der Waals surface area (Å²) in [6, 6.07) is 5.92. The van der Waals surface area contributed by atoms with Crippen LogP contribution < -0.4 is 10.2 Å². The van der Waals surface area contributed by atoms with E-state index in [2.05, 4.69) is 24.1 Å². The first-order valence-electron chi connectivity index (χ1n) is 7.90. The predicted molar refractivity (Wildman–Crippen MR) is 81.4 cm³/mol. The third-order valence-electron chi connectivity index (χ3n) is 4.87. The van der Waals surface area contributed by atoms with Gasteiger partial charge in [-0.25, -0.2) is 4.39 Å². The van der Waals surface area contributed by atoms with E-state index >= 15 is 0 Å². The van der Waals surface area contributed by atoms with Crippen LogP contribution in [0.25, 0.3) is 0 Å². The van der Waals surface area contributed by atoms with Crippen LogP contribution in [0.4, 0.5) is 10.1 Å². The van der Waals surface area contributed by atoms with Crippen LogP contribution in [0.2, 0.25) is 0 Å². The Morgan fingerprint density at radius 3 is 2.70 bits per heavy atom. The van der Waals surface area contributed by atoms with E-state index in [1.165, 1.54) is 24.9 Å². The minimum absolute atomic E-state index is 0.125. The van der Waals surface area contributed by atoms with E-state index < -0.39 is 0 Å². The molecule has 0 bridgehead atoms. The molecule has 2 nitrogen and oxygen atoms in total. The van der Waals surface area contributed by atoms with Gasteiger partial charge in [0.25, 0.3) is 0 Å². The smallest absolute Gasteiger partial charge is 0.123 e. The van der Waals surface area contributed by atoms with E-state index in [4.69, 9.17) is 0 Å². The summed E-state index contributed by atoms with van der Waals surface area (Å²) < 4.78 is 13.5. The molecule has 20 heavy (non-hydrogen) atoms. The second-order valence-electron chi connectivity index (χ2n) is 6.62. The molecule has 1 aliphatic carbocycles. The molecule has 1 aromatic rings. The second-order valence-corrected chi connectivity index (χ2v) is 6.62. The van der Waals surface area contributed by atoms with E-state index in [1.54, 1.807) is 12.1 Å². The minimum atomic E-state index is -0.125. The van der Waals surface area contributed by atoms with Gasteiger partial charge in [-0.3, -0.25) is 0 Å². The van der Waals surface area contributed by atoms with Gasteiger partial charge in [0.1, 0.15) is 5.82 Å². The monoisotopic (exact) mass is 276 g/mol. The molecule has 2 unspecified atom stereocenters. The van der Waals surface area contributed by atoms with Gasteiger partial charge in [-0.1, -0.05) is 13.8 Å². The fraction of sp³-hybridized carbons (Fsp3) is 0.647. The SMILES string of the molecule is CC1CCN(c2ccc(F)cc2CNC2CC2)CC1C. The van der Waals surface area contributed by atoms with Crippen molar-refractivity contribution >= 4 is 5.69 Å². The average Bonchev–Trinajstić information content (AvgIpc) is 3.24. The molecule has 0 radical (unpaired) electrons. The Hall–Kier alpha value is -1.09. The van der Waals surface area contributed by atoms with Gasteiger partial charge in [0, 0.05) is 31.4 Å². The number of nitrogens with one attached hydrogen (secondary N) is 1. The zero-order valence-corrected chi connectivity index (χ0v) is 12.5. The molecule has 1 heterocycles. The molecule has 3 heteroatoms. The lowest BCUT2D eigenvalue weighted by atomic mass is 9.88. The fourth-order valence-electron chi connectivity index (χ4n) is 3.03. The van der Waals surface area contributed by atoms with Gasteiger partial charge in [0.15, 0.2) is 0 Å². The number of rotatable bonds is 4. The maximum absolute atomic E-state index is 13.5. The van der Waals surface area contributed by atoms with Crippen LogP contribution in [0.5, 0.6) is 0 Å². The van der Waals surface area contributed by atoms with Crippen molar-refractivity contribution in [2.45, 2.75) is 45.7 Å². The number of piperidine rings is 1. The van der Waals surface area contributed by atoms with Crippen molar-refractivity contribution in [3.63, 3.8) is 0 Å². The molecule has 2 aliphatic rings. The van der Waals surface area contributed by atoms with Crippen molar-refractivity contribution in [1.29, 1.82) is 0 Å². The Balaban J connectivity index is 1.76. The molecule has 110 valence electrons. The summed E-state index contributed by atoms with van der Waals surface area (Å²) in [5.74, 6) is 1.37. The van der Waals surface area contributed by atoms with Gasteiger partial charge in [-0.15, -0.1) is 0 Å². The van der Waals surface area contributed by atoms with Crippen LogP contribution in [0.3, 0.4) is 0 Å². The predicted octanol–water partition coefficient (Wildman–Crippen LogP) is 3.56. The standard InChI is InChI=1S/C17H25FN2/c1-12-7-8-20(11-13(12)2)17-6-3-15(18)9-14(17)10-19-16-4-5-16/h3,6,9,12-13,16,19H,4-5,7-8,10-11H2,1-2H3. The lowest BCUT2D eigenvalue weighted by Gasteiger charge is -2.37. The molecule has 1 saturated carbocycles. The van der Waals surface area contributed by atoms with Gasteiger partial charge < -0.3 is 10.2 Å². The van der Waals surface area contributed by atoms with Crippen LogP contribution in [0.1, 0.15) is 38.7 Å². The van der Waals surface area contributed by atoms with Crippen molar-refractivity contribution in [2.75, 3.05) is 18.0 Å². The van der Waals surface area contributed by atoms with Crippen LogP contribution in [-0.4, -0.2) is 19.1 Å². The lowest BCUT2D eigenvalue weighted by molar-refractivity contribution is 0.323. The zero-order chi connectivity index (χ0) is 14.1. The molecule has 2 fully saturated rings. The normalized spacial score (nSPS) is 26.9. The number of nitrogens with zero attached hydrogens (tertiary/aromatic N) is 1. The van der Waals surface area contributed by atoms with E-state index in [1.807, 2.05) is 6.07 Å². The third-order valence-corrected chi connectivity index (χ3v) is 4.87. The van der Waals surface area contributed by atoms with Crippen LogP contribution >= 0.6 is 0 Å². The summed E-state index contributed by atoms with van der Waals surface area (Å²) in [4.78, 5) is 2.44. The van der Waals surface area contributed by atoms with Crippen LogP contribution in [-0.2, 0) is 6.54 Å². The molecule has 2 atom stereocenters. The molecule has 1 aliphatic heterocycles. The Labute approximate surface area is 121 Å². The van der Waals surface area contributed by atoms with E-state index in [9.17, 15) is 4.39 Å². The van der Waals surface area contributed by atoms with Crippen molar-refractivity contribution < 1.29 is 4.39 Å². The maximum Gasteiger partial charge on any atom is 0.123 e. The van der Waals surface area contributed by atoms with Gasteiger partial charge in [0.05, 0.1) is 0 Å². The molecule has 1 saturated heterocycles. The minimum Gasteiger partial charge on any atom is -0.371 e. The summed E-state index contributed by atoms with van der Waals surface area (Å²) in [7, 11) is 0. The van der Waals surface area contributed by atoms with Crippen molar-refractivity contribution in [1.82, 2.24) is 5.32 Å². The number of hydrogen-bond acceptors (Lipinski definition) is 2. The number of benzene rings is 1. The zero-order valence-electron chi connectivity index (χ0n) is 12.5. The lowest BCUT2D eigenvalue weighted by Crippen LogP contribution is -2.39. The van der Waals surface area contributed by atoms with Crippen LogP contribution in [0, 0.1) is 17.7 Å². The fourth-order valence-corrected chi connectivity index (χ4v) is 3.03. The topological polar surface area (TPSA) is 15.3 Å². The maximum atomic E-state index is 13.5. The highest BCUT2D eigenvalue weighted by Crippen LogP contribution is 2.30. The number of anilines is 1. The Morgan fingerprint density at radius 1 is 1.20 bits per heavy atom. The van der Waals surface area contributed by atoms with E-state index in [0.717, 1.165) is 31.1 Å². The number of hydrogen-bond donors (Lipinski definition) is 1. The van der Waals surface area contributed by atoms with Crippen molar-refractivity contribution in [2.24, 2.45) is 11.8 Å². The van der Waals surface area contributed by atoms with Gasteiger partial charge in [-0.05, 0) is 54.9 Å². The summed E-state index contributed by atoms with van der Waals surface area (Å²) >= 11 is 0. The molecule has 0 spiro atoms. The first kappa shape index (κ1) is 13.9. The van der Waals surface area contributed by atoms with Gasteiger partial charge >= 0.3 is 0 Å². The first-order chi connectivity index (χ1) is 9.63. The molecular weight excluding hydrogens is 251 g/mol. The average molecular weight is 276 g/mol. The highest BCUT2D eigenvalue weighted by Gasteiger charge is 2.25. The molecular formula is C17H25FN2. The molecule has 3 rings (SSSR count). The van der Waals surface area contributed by atoms with Crippen LogP contribution in [0.15, 0.2) is 18.2 Å². The van der Waals surface area contributed by atoms with E-state index in [0.29, 0.717) is 12.0 Å². The molecule has 1 aromatic carbocycles. The van der Waals surface area contributed by atoms with Crippen molar-refractivity contribution in [3.05, 3.63) is 29.6 Å². The Morgan fingerprint density at radius 2 is 2.00 bits per heavy atom. The molecule has 0 amide bonds. The number of halogens is 1. The highest BCUT2D eigenvalue weighted by atomic mass is 19.1. The Bertz CT molecular complexity index is 470. The summed E-state index contributed by atoms with van der Waals surface area (Å²) in [6.45, 7) is 7.62. The van der Waals surface area contributed by atoms with Gasteiger partial charge in [0.2, 0.25) is 0 Å². The summed E-state index contributed by atoms with van der Waals surface area (Å²) in [6.07, 6.45) is 3.76.